The van der Waals surface area contributed by atoms with Gasteiger partial charge in [-0.05, 0) is 29.8 Å². The van der Waals surface area contributed by atoms with Crippen LogP contribution < -0.4 is 10.1 Å². The van der Waals surface area contributed by atoms with Gasteiger partial charge in [-0.25, -0.2) is 0 Å². The van der Waals surface area contributed by atoms with Crippen molar-refractivity contribution in [3.63, 3.8) is 0 Å². The number of anilines is 1. The Morgan fingerprint density at radius 2 is 1.81 bits per heavy atom. The van der Waals surface area contributed by atoms with Crippen molar-refractivity contribution < 1.29 is 13.9 Å². The topological polar surface area (TPSA) is 51.5 Å². The van der Waals surface area contributed by atoms with E-state index < -0.39 is 0 Å². The van der Waals surface area contributed by atoms with Crippen molar-refractivity contribution in [3.8, 4) is 5.75 Å². The van der Waals surface area contributed by atoms with E-state index in [1.165, 1.54) is 6.08 Å². The smallest absolute Gasteiger partial charge is 0.248 e. The van der Waals surface area contributed by atoms with Crippen molar-refractivity contribution in [1.82, 2.24) is 0 Å². The SMILES string of the molecule is COc1cc2c(cc1NC(=O)C=Cc1ccccc1Cl)oc1ccccc12. The van der Waals surface area contributed by atoms with E-state index in [9.17, 15) is 4.79 Å². The minimum atomic E-state index is -0.288. The summed E-state index contributed by atoms with van der Waals surface area (Å²) >= 11 is 6.10. The molecule has 3 aromatic carbocycles. The summed E-state index contributed by atoms with van der Waals surface area (Å²) in [6, 6.07) is 18.7. The average molecular weight is 378 g/mol. The highest BCUT2D eigenvalue weighted by Gasteiger charge is 2.13. The standard InChI is InChI=1S/C22H16ClNO3/c1-26-21-12-16-15-7-3-5-9-19(15)27-20(16)13-18(21)24-22(25)11-10-14-6-2-4-8-17(14)23/h2-13H,1H3,(H,24,25). The number of rotatable bonds is 4. The number of methoxy groups -OCH3 is 1. The van der Waals surface area contributed by atoms with Crippen LogP contribution >= 0.6 is 11.6 Å². The first kappa shape index (κ1) is 17.2. The molecule has 0 bridgehead atoms. The normalized spacial score (nSPS) is 11.3. The molecule has 0 radical (unpaired) electrons. The van der Waals surface area contributed by atoms with Crippen molar-refractivity contribution >= 4 is 51.2 Å². The Labute approximate surface area is 161 Å². The van der Waals surface area contributed by atoms with Crippen molar-refractivity contribution in [3.05, 3.63) is 77.3 Å². The van der Waals surface area contributed by atoms with Gasteiger partial charge in [0.25, 0.3) is 0 Å². The highest BCUT2D eigenvalue weighted by atomic mass is 35.5. The Morgan fingerprint density at radius 1 is 1.04 bits per heavy atom. The second kappa shape index (κ2) is 7.17. The van der Waals surface area contributed by atoms with Gasteiger partial charge in [0.15, 0.2) is 0 Å². The van der Waals surface area contributed by atoms with Gasteiger partial charge < -0.3 is 14.5 Å². The fraction of sp³-hybridized carbons (Fsp3) is 0.0455. The third kappa shape index (κ3) is 3.39. The summed E-state index contributed by atoms with van der Waals surface area (Å²) in [4.78, 5) is 12.3. The number of para-hydroxylation sites is 1. The number of halogens is 1. The van der Waals surface area contributed by atoms with Gasteiger partial charge in [-0.2, -0.15) is 0 Å². The summed E-state index contributed by atoms with van der Waals surface area (Å²) in [6.45, 7) is 0. The molecule has 0 aliphatic carbocycles. The number of nitrogens with one attached hydrogen (secondary N) is 1. The molecule has 0 atom stereocenters. The number of fused-ring (bicyclic) bond motifs is 3. The largest absolute Gasteiger partial charge is 0.495 e. The number of ether oxygens (including phenoxy) is 1. The zero-order chi connectivity index (χ0) is 18.8. The minimum absolute atomic E-state index is 0.288. The van der Waals surface area contributed by atoms with Crippen LogP contribution in [-0.2, 0) is 4.79 Å². The van der Waals surface area contributed by atoms with E-state index in [2.05, 4.69) is 5.32 Å². The Kier molecular flexibility index (Phi) is 4.57. The maximum atomic E-state index is 12.3. The molecule has 0 aliphatic heterocycles. The molecule has 0 saturated carbocycles. The zero-order valence-corrected chi connectivity index (χ0v) is 15.3. The molecule has 0 unspecified atom stereocenters. The molecule has 0 spiro atoms. The molecule has 1 aromatic heterocycles. The minimum Gasteiger partial charge on any atom is -0.495 e. The van der Waals surface area contributed by atoms with Gasteiger partial charge in [0, 0.05) is 27.9 Å². The number of hydrogen-bond acceptors (Lipinski definition) is 3. The molecule has 27 heavy (non-hydrogen) atoms. The van der Waals surface area contributed by atoms with Crippen molar-refractivity contribution in [2.75, 3.05) is 12.4 Å². The molecule has 4 rings (SSSR count). The highest BCUT2D eigenvalue weighted by Crippen LogP contribution is 2.36. The Bertz CT molecular complexity index is 1180. The van der Waals surface area contributed by atoms with Gasteiger partial charge >= 0.3 is 0 Å². The second-order valence-corrected chi connectivity index (χ2v) is 6.40. The predicted molar refractivity (Wildman–Crippen MR) is 109 cm³/mol. The first-order valence-corrected chi connectivity index (χ1v) is 8.76. The lowest BCUT2D eigenvalue weighted by atomic mass is 10.1. The average Bonchev–Trinajstić information content (AvgIpc) is 3.04. The molecular weight excluding hydrogens is 362 g/mol. The van der Waals surface area contributed by atoms with Gasteiger partial charge in [0.1, 0.15) is 16.9 Å². The number of carbonyl (C=O) groups is 1. The van der Waals surface area contributed by atoms with Gasteiger partial charge in [-0.15, -0.1) is 0 Å². The first-order valence-electron chi connectivity index (χ1n) is 8.38. The molecule has 0 saturated heterocycles. The fourth-order valence-corrected chi connectivity index (χ4v) is 3.17. The number of hydrogen-bond donors (Lipinski definition) is 1. The predicted octanol–water partition coefficient (Wildman–Crippen LogP) is 5.90. The molecule has 1 N–H and O–H groups in total. The molecular formula is C22H16ClNO3. The molecule has 4 aromatic rings. The highest BCUT2D eigenvalue weighted by molar-refractivity contribution is 6.32. The summed E-state index contributed by atoms with van der Waals surface area (Å²) in [6.07, 6.45) is 3.10. The summed E-state index contributed by atoms with van der Waals surface area (Å²) in [5, 5.41) is 5.36. The van der Waals surface area contributed by atoms with Gasteiger partial charge in [0.2, 0.25) is 5.91 Å². The van der Waals surface area contributed by atoms with Gasteiger partial charge in [-0.1, -0.05) is 48.0 Å². The molecule has 1 amide bonds. The zero-order valence-electron chi connectivity index (χ0n) is 14.5. The van der Waals surface area contributed by atoms with Crippen LogP contribution in [0.2, 0.25) is 5.02 Å². The second-order valence-electron chi connectivity index (χ2n) is 5.99. The van der Waals surface area contributed by atoms with Crippen molar-refractivity contribution in [2.45, 2.75) is 0 Å². The van der Waals surface area contributed by atoms with Crippen LogP contribution in [0.25, 0.3) is 28.0 Å². The summed E-state index contributed by atoms with van der Waals surface area (Å²) < 4.78 is 11.3. The molecule has 0 fully saturated rings. The van der Waals surface area contributed by atoms with Crippen LogP contribution in [0.4, 0.5) is 5.69 Å². The molecule has 5 heteroatoms. The lowest BCUT2D eigenvalue weighted by Gasteiger charge is -2.09. The number of carbonyl (C=O) groups excluding carboxylic acids is 1. The molecule has 134 valence electrons. The number of furan rings is 1. The van der Waals surface area contributed by atoms with Crippen LogP contribution in [0.5, 0.6) is 5.75 Å². The fourth-order valence-electron chi connectivity index (χ4n) is 2.97. The molecule has 4 nitrogen and oxygen atoms in total. The Balaban J connectivity index is 1.65. The van der Waals surface area contributed by atoms with Gasteiger partial charge in [0.05, 0.1) is 12.8 Å². The molecule has 1 heterocycles. The Morgan fingerprint density at radius 3 is 2.63 bits per heavy atom. The van der Waals surface area contributed by atoms with Gasteiger partial charge in [-0.3, -0.25) is 4.79 Å². The summed E-state index contributed by atoms with van der Waals surface area (Å²) in [5.74, 6) is 0.275. The van der Waals surface area contributed by atoms with Crippen LogP contribution in [0, 0.1) is 0 Å². The quantitative estimate of drug-likeness (QED) is 0.450. The first-order chi connectivity index (χ1) is 13.2. The van der Waals surface area contributed by atoms with E-state index in [1.54, 1.807) is 25.3 Å². The molecule has 0 aliphatic rings. The third-order valence-corrected chi connectivity index (χ3v) is 4.62. The summed E-state index contributed by atoms with van der Waals surface area (Å²) in [7, 11) is 1.57. The number of benzene rings is 3. The lowest BCUT2D eigenvalue weighted by molar-refractivity contribution is -0.111. The van der Waals surface area contributed by atoms with Crippen LogP contribution in [0.3, 0.4) is 0 Å². The van der Waals surface area contributed by atoms with Crippen LogP contribution in [0.15, 0.2) is 71.2 Å². The van der Waals surface area contributed by atoms with Crippen LogP contribution in [-0.4, -0.2) is 13.0 Å². The number of amides is 1. The summed E-state index contributed by atoms with van der Waals surface area (Å²) in [5.41, 5.74) is 2.78. The lowest BCUT2D eigenvalue weighted by Crippen LogP contribution is -2.08. The van der Waals surface area contributed by atoms with Crippen LogP contribution in [0.1, 0.15) is 5.56 Å². The van der Waals surface area contributed by atoms with E-state index in [4.69, 9.17) is 20.8 Å². The van der Waals surface area contributed by atoms with E-state index in [0.717, 1.165) is 21.9 Å². The van der Waals surface area contributed by atoms with E-state index in [0.29, 0.717) is 22.0 Å². The van der Waals surface area contributed by atoms with E-state index in [-0.39, 0.29) is 5.91 Å². The third-order valence-electron chi connectivity index (χ3n) is 4.28. The maximum absolute atomic E-state index is 12.3. The van der Waals surface area contributed by atoms with Crippen molar-refractivity contribution in [1.29, 1.82) is 0 Å². The Hall–Kier alpha value is -3.24. The van der Waals surface area contributed by atoms with Crippen molar-refractivity contribution in [2.24, 2.45) is 0 Å². The van der Waals surface area contributed by atoms with E-state index in [1.807, 2.05) is 48.5 Å². The van der Waals surface area contributed by atoms with E-state index >= 15 is 0 Å². The monoisotopic (exact) mass is 377 g/mol. The maximum Gasteiger partial charge on any atom is 0.248 e.